The summed E-state index contributed by atoms with van der Waals surface area (Å²) in [5.41, 5.74) is 3.28. The molecule has 4 rings (SSSR count). The predicted molar refractivity (Wildman–Crippen MR) is 137 cm³/mol. The third-order valence-corrected chi connectivity index (χ3v) is 7.75. The lowest BCUT2D eigenvalue weighted by atomic mass is 10.1. The summed E-state index contributed by atoms with van der Waals surface area (Å²) < 4.78 is 13.0. The largest absolute Gasteiger partial charge is 0.493 e. The van der Waals surface area contributed by atoms with E-state index in [0.717, 1.165) is 35.4 Å². The van der Waals surface area contributed by atoms with Crippen LogP contribution in [0, 0.1) is 20.8 Å². The van der Waals surface area contributed by atoms with Crippen LogP contribution in [0.1, 0.15) is 70.8 Å². The number of thiazole rings is 1. The number of hydrogen-bond donors (Lipinski definition) is 1. The third kappa shape index (κ3) is 5.10. The lowest BCUT2D eigenvalue weighted by Gasteiger charge is -2.19. The molecule has 0 saturated heterocycles. The molecule has 0 spiro atoms. The molecular weight excluding hydrogens is 464 g/mol. The van der Waals surface area contributed by atoms with Crippen LogP contribution in [0.4, 0.5) is 0 Å². The van der Waals surface area contributed by atoms with Crippen molar-refractivity contribution in [3.8, 4) is 22.1 Å². The lowest BCUT2D eigenvalue weighted by Crippen LogP contribution is -2.26. The van der Waals surface area contributed by atoms with Gasteiger partial charge in [-0.25, -0.2) is 9.67 Å². The maximum absolute atomic E-state index is 13.2. The summed E-state index contributed by atoms with van der Waals surface area (Å²) in [6.07, 6.45) is 4.76. The molecule has 8 nitrogen and oxygen atoms in total. The molecule has 2 aromatic heterocycles. The highest BCUT2D eigenvalue weighted by Crippen LogP contribution is 2.34. The third-order valence-electron chi connectivity index (χ3n) is 6.57. The number of amides is 1. The fourth-order valence-electron chi connectivity index (χ4n) is 4.40. The van der Waals surface area contributed by atoms with Gasteiger partial charge < -0.3 is 14.8 Å². The summed E-state index contributed by atoms with van der Waals surface area (Å²) in [6.45, 7) is 7.41. The Labute approximate surface area is 209 Å². The normalized spacial score (nSPS) is 14.7. The van der Waals surface area contributed by atoms with E-state index in [2.05, 4.69) is 15.4 Å². The molecular formula is C26H32N4O4S. The van der Waals surface area contributed by atoms with Crippen molar-refractivity contribution >= 4 is 17.2 Å². The molecule has 1 unspecified atom stereocenters. The summed E-state index contributed by atoms with van der Waals surface area (Å²) in [4.78, 5) is 30.9. The number of hydrogen-bond acceptors (Lipinski definition) is 7. The minimum Gasteiger partial charge on any atom is -0.493 e. The van der Waals surface area contributed by atoms with Crippen LogP contribution in [0.2, 0.25) is 0 Å². The number of benzene rings is 1. The van der Waals surface area contributed by atoms with Crippen molar-refractivity contribution in [2.24, 2.45) is 7.05 Å². The van der Waals surface area contributed by atoms with Crippen LogP contribution in [0.25, 0.3) is 10.6 Å². The fourth-order valence-corrected chi connectivity index (χ4v) is 5.46. The highest BCUT2D eigenvalue weighted by atomic mass is 32.1. The van der Waals surface area contributed by atoms with Gasteiger partial charge in [-0.2, -0.15) is 5.10 Å². The first-order chi connectivity index (χ1) is 16.7. The molecule has 1 fully saturated rings. The Morgan fingerprint density at radius 1 is 1.17 bits per heavy atom. The van der Waals surface area contributed by atoms with Crippen LogP contribution in [0.3, 0.4) is 0 Å². The topological polar surface area (TPSA) is 95.3 Å². The smallest absolute Gasteiger partial charge is 0.277 e. The second kappa shape index (κ2) is 10.2. The summed E-state index contributed by atoms with van der Waals surface area (Å²) in [7, 11) is 3.24. The first-order valence-electron chi connectivity index (χ1n) is 11.9. The minimum atomic E-state index is -0.264. The summed E-state index contributed by atoms with van der Waals surface area (Å²) in [5, 5.41) is 7.81. The van der Waals surface area contributed by atoms with Gasteiger partial charge in [0.25, 0.3) is 11.5 Å². The Morgan fingerprint density at radius 3 is 2.57 bits per heavy atom. The van der Waals surface area contributed by atoms with Crippen molar-refractivity contribution in [1.29, 1.82) is 0 Å². The zero-order valence-electron chi connectivity index (χ0n) is 21.1. The van der Waals surface area contributed by atoms with Gasteiger partial charge in [0.15, 0.2) is 11.5 Å². The molecule has 2 heterocycles. The molecule has 1 aliphatic carbocycles. The van der Waals surface area contributed by atoms with Crippen LogP contribution < -0.4 is 20.3 Å². The van der Waals surface area contributed by atoms with E-state index in [1.54, 1.807) is 21.1 Å². The second-order valence-electron chi connectivity index (χ2n) is 9.08. The average molecular weight is 497 g/mol. The molecule has 186 valence electrons. The molecule has 9 heteroatoms. The number of aromatic nitrogens is 3. The second-order valence-corrected chi connectivity index (χ2v) is 10.1. The number of carbonyl (C=O) groups is 1. The van der Waals surface area contributed by atoms with Crippen LogP contribution >= 0.6 is 11.3 Å². The van der Waals surface area contributed by atoms with E-state index in [-0.39, 0.29) is 23.6 Å². The molecule has 0 aliphatic heterocycles. The van der Waals surface area contributed by atoms with Gasteiger partial charge in [-0.15, -0.1) is 11.3 Å². The average Bonchev–Trinajstić information content (AvgIpc) is 3.47. The zero-order chi connectivity index (χ0) is 25.3. The molecule has 1 N–H and O–H groups in total. The van der Waals surface area contributed by atoms with E-state index < -0.39 is 0 Å². The standard InChI is InChI=1S/C26H32N4O4S/c1-14-15(2)29-30(5)26(32)22(14)25-28-17(4)23(35-25)24(31)27-16(3)18-11-12-20(21(13-18)33-6)34-19-9-7-8-10-19/h11-13,16,19H,7-10H2,1-6H3,(H,27,31). The van der Waals surface area contributed by atoms with E-state index in [1.807, 2.05) is 39.0 Å². The number of ether oxygens (including phenoxy) is 2. The van der Waals surface area contributed by atoms with Gasteiger partial charge in [-0.1, -0.05) is 6.07 Å². The van der Waals surface area contributed by atoms with Gasteiger partial charge in [0, 0.05) is 7.05 Å². The summed E-state index contributed by atoms with van der Waals surface area (Å²) in [5.74, 6) is 1.16. The molecule has 1 saturated carbocycles. The van der Waals surface area contributed by atoms with E-state index in [4.69, 9.17) is 9.47 Å². The maximum atomic E-state index is 13.2. The Hall–Kier alpha value is -3.20. The molecule has 35 heavy (non-hydrogen) atoms. The highest BCUT2D eigenvalue weighted by molar-refractivity contribution is 7.17. The molecule has 0 bridgehead atoms. The maximum Gasteiger partial charge on any atom is 0.277 e. The van der Waals surface area contributed by atoms with Gasteiger partial charge in [0.05, 0.1) is 36.2 Å². The van der Waals surface area contributed by atoms with E-state index >= 15 is 0 Å². The molecule has 1 aliphatic rings. The number of methoxy groups -OCH3 is 1. The van der Waals surface area contributed by atoms with Crippen LogP contribution in [-0.2, 0) is 7.05 Å². The van der Waals surface area contributed by atoms with Crippen molar-refractivity contribution in [3.05, 3.63) is 55.9 Å². The van der Waals surface area contributed by atoms with Crippen LogP contribution in [-0.4, -0.2) is 33.9 Å². The monoisotopic (exact) mass is 496 g/mol. The van der Waals surface area contributed by atoms with Crippen molar-refractivity contribution in [2.75, 3.05) is 7.11 Å². The van der Waals surface area contributed by atoms with Gasteiger partial charge in [-0.3, -0.25) is 9.59 Å². The Balaban J connectivity index is 1.54. The van der Waals surface area contributed by atoms with E-state index in [9.17, 15) is 9.59 Å². The van der Waals surface area contributed by atoms with Crippen LogP contribution in [0.15, 0.2) is 23.0 Å². The quantitative estimate of drug-likeness (QED) is 0.512. The van der Waals surface area contributed by atoms with E-state index in [0.29, 0.717) is 26.9 Å². The van der Waals surface area contributed by atoms with Crippen LogP contribution in [0.5, 0.6) is 11.5 Å². The minimum absolute atomic E-state index is 0.228. The Bertz CT molecular complexity index is 1310. The van der Waals surface area contributed by atoms with Crippen molar-refractivity contribution in [3.63, 3.8) is 0 Å². The summed E-state index contributed by atoms with van der Waals surface area (Å²) in [6, 6.07) is 5.51. The number of aryl methyl sites for hydroxylation is 3. The summed E-state index contributed by atoms with van der Waals surface area (Å²) >= 11 is 1.22. The van der Waals surface area contributed by atoms with E-state index in [1.165, 1.54) is 28.9 Å². The SMILES string of the molecule is COc1cc(C(C)NC(=O)c2sc(-c3c(C)c(C)nn(C)c3=O)nc2C)ccc1OC1CCCC1. The van der Waals surface area contributed by atoms with Gasteiger partial charge in [-0.05, 0) is 76.6 Å². The first-order valence-corrected chi connectivity index (χ1v) is 12.7. The predicted octanol–water partition coefficient (Wildman–Crippen LogP) is 4.65. The van der Waals surface area contributed by atoms with Crippen molar-refractivity contribution in [1.82, 2.24) is 20.1 Å². The molecule has 0 radical (unpaired) electrons. The number of carbonyl (C=O) groups excluding carboxylic acids is 1. The lowest BCUT2D eigenvalue weighted by molar-refractivity contribution is 0.0943. The zero-order valence-corrected chi connectivity index (χ0v) is 21.9. The van der Waals surface area contributed by atoms with Crippen molar-refractivity contribution < 1.29 is 14.3 Å². The Morgan fingerprint density at radius 2 is 1.89 bits per heavy atom. The number of rotatable bonds is 7. The number of nitrogens with zero attached hydrogens (tertiary/aromatic N) is 3. The highest BCUT2D eigenvalue weighted by Gasteiger charge is 2.23. The first kappa shape index (κ1) is 24.9. The van der Waals surface area contributed by atoms with Crippen molar-refractivity contribution in [2.45, 2.75) is 65.5 Å². The molecule has 1 amide bonds. The molecule has 1 aromatic carbocycles. The van der Waals surface area contributed by atoms with Gasteiger partial charge in [0.2, 0.25) is 0 Å². The van der Waals surface area contributed by atoms with Gasteiger partial charge >= 0.3 is 0 Å². The fraction of sp³-hybridized carbons (Fsp3) is 0.462. The molecule has 3 aromatic rings. The number of nitrogens with one attached hydrogen (secondary N) is 1. The molecule has 1 atom stereocenters. The van der Waals surface area contributed by atoms with Gasteiger partial charge in [0.1, 0.15) is 9.88 Å². The Kier molecular flexibility index (Phi) is 7.25.